The molecular formula is C17H21N2-. The average molecular weight is 253 g/mol. The molecule has 2 heteroatoms. The van der Waals surface area contributed by atoms with Crippen LogP contribution in [-0.2, 0) is 0 Å². The molecule has 2 rings (SSSR count). The molecule has 0 atom stereocenters. The summed E-state index contributed by atoms with van der Waals surface area (Å²) in [5.41, 5.74) is 7.33. The predicted molar refractivity (Wildman–Crippen MR) is 83.4 cm³/mol. The first-order chi connectivity index (χ1) is 9.09. The van der Waals surface area contributed by atoms with Crippen molar-refractivity contribution < 1.29 is 0 Å². The fourth-order valence-corrected chi connectivity index (χ4v) is 2.26. The summed E-state index contributed by atoms with van der Waals surface area (Å²) in [7, 11) is 0. The molecule has 19 heavy (non-hydrogen) atoms. The van der Waals surface area contributed by atoms with E-state index in [-0.39, 0.29) is 0 Å². The van der Waals surface area contributed by atoms with Gasteiger partial charge in [0.1, 0.15) is 0 Å². The second-order valence-corrected chi connectivity index (χ2v) is 4.97. The molecule has 0 aliphatic heterocycles. The maximum absolute atomic E-state index is 3.35. The number of benzene rings is 2. The van der Waals surface area contributed by atoms with E-state index in [9.17, 15) is 0 Å². The zero-order valence-corrected chi connectivity index (χ0v) is 12.0. The molecule has 0 saturated carbocycles. The molecule has 0 unspecified atom stereocenters. The van der Waals surface area contributed by atoms with Crippen molar-refractivity contribution in [3.8, 4) is 0 Å². The highest BCUT2D eigenvalue weighted by Gasteiger charge is 1.98. The fraction of sp³-hybridized carbons (Fsp3) is 0.235. The molecule has 0 aromatic heterocycles. The summed E-state index contributed by atoms with van der Waals surface area (Å²) >= 11 is 0. The van der Waals surface area contributed by atoms with Crippen LogP contribution in [0.1, 0.15) is 22.3 Å². The van der Waals surface area contributed by atoms with Crippen LogP contribution in [0.4, 0.5) is 11.4 Å². The number of hydrogen-bond acceptors (Lipinski definition) is 2. The topological polar surface area (TPSA) is 24.1 Å². The van der Waals surface area contributed by atoms with Crippen molar-refractivity contribution in [2.45, 2.75) is 27.7 Å². The molecule has 0 fully saturated rings. The first-order valence-corrected chi connectivity index (χ1v) is 6.57. The molecule has 0 aliphatic rings. The highest BCUT2D eigenvalue weighted by Crippen LogP contribution is 2.22. The van der Waals surface area contributed by atoms with E-state index in [4.69, 9.17) is 0 Å². The Labute approximate surface area is 115 Å². The van der Waals surface area contributed by atoms with Crippen LogP contribution in [0, 0.1) is 34.4 Å². The molecule has 0 saturated heterocycles. The lowest BCUT2D eigenvalue weighted by Crippen LogP contribution is -2.08. The van der Waals surface area contributed by atoms with Gasteiger partial charge in [-0.2, -0.15) is 6.67 Å². The Morgan fingerprint density at radius 3 is 1.26 bits per heavy atom. The number of para-hydroxylation sites is 2. The second kappa shape index (κ2) is 5.79. The summed E-state index contributed by atoms with van der Waals surface area (Å²) in [5, 5.41) is 6.70. The van der Waals surface area contributed by atoms with E-state index in [0.717, 1.165) is 0 Å². The third-order valence-electron chi connectivity index (χ3n) is 3.40. The van der Waals surface area contributed by atoms with Crippen molar-refractivity contribution in [1.29, 1.82) is 0 Å². The molecule has 2 aromatic rings. The largest absolute Gasteiger partial charge is 0.516 e. The monoisotopic (exact) mass is 253 g/mol. The van der Waals surface area contributed by atoms with Crippen LogP contribution >= 0.6 is 0 Å². The van der Waals surface area contributed by atoms with Gasteiger partial charge in [0.2, 0.25) is 0 Å². The molecule has 2 N–H and O–H groups in total. The molecular weight excluding hydrogens is 232 g/mol. The lowest BCUT2D eigenvalue weighted by molar-refractivity contribution is 1.27. The van der Waals surface area contributed by atoms with E-state index in [2.05, 4.69) is 74.7 Å². The van der Waals surface area contributed by atoms with Gasteiger partial charge >= 0.3 is 0 Å². The summed E-state index contributed by atoms with van der Waals surface area (Å²) in [6.45, 7) is 10.4. The van der Waals surface area contributed by atoms with Crippen molar-refractivity contribution in [3.05, 3.63) is 65.3 Å². The van der Waals surface area contributed by atoms with Crippen LogP contribution in [0.5, 0.6) is 0 Å². The molecule has 100 valence electrons. The van der Waals surface area contributed by atoms with E-state index in [1.54, 1.807) is 0 Å². The van der Waals surface area contributed by atoms with Crippen molar-refractivity contribution in [3.63, 3.8) is 0 Å². The minimum atomic E-state index is 1.17. The Kier molecular flexibility index (Phi) is 4.10. The van der Waals surface area contributed by atoms with Crippen molar-refractivity contribution >= 4 is 11.4 Å². The SMILES string of the molecule is Cc1cccc(C)c1N[CH-]Nc1c(C)cccc1C. The van der Waals surface area contributed by atoms with Crippen molar-refractivity contribution in [2.75, 3.05) is 10.6 Å². The van der Waals surface area contributed by atoms with E-state index in [0.29, 0.717) is 0 Å². The van der Waals surface area contributed by atoms with Gasteiger partial charge in [-0.1, -0.05) is 36.4 Å². The molecule has 0 aliphatic carbocycles. The lowest BCUT2D eigenvalue weighted by Gasteiger charge is -2.25. The summed E-state index contributed by atoms with van der Waals surface area (Å²) < 4.78 is 0. The maximum Gasteiger partial charge on any atom is 0.0120 e. The van der Waals surface area contributed by atoms with Crippen LogP contribution in [0.15, 0.2) is 36.4 Å². The van der Waals surface area contributed by atoms with E-state index in [1.807, 2.05) is 6.67 Å². The first kappa shape index (κ1) is 13.5. The Morgan fingerprint density at radius 2 is 0.947 bits per heavy atom. The Morgan fingerprint density at radius 1 is 0.632 bits per heavy atom. The van der Waals surface area contributed by atoms with Crippen molar-refractivity contribution in [2.24, 2.45) is 0 Å². The molecule has 0 spiro atoms. The average Bonchev–Trinajstić information content (AvgIpc) is 2.36. The van der Waals surface area contributed by atoms with Gasteiger partial charge in [-0.25, -0.2) is 0 Å². The van der Waals surface area contributed by atoms with Gasteiger partial charge in [-0.15, -0.1) is 0 Å². The van der Waals surface area contributed by atoms with Gasteiger partial charge in [-0.3, -0.25) is 0 Å². The third kappa shape index (κ3) is 3.08. The van der Waals surface area contributed by atoms with Gasteiger partial charge in [0, 0.05) is 11.4 Å². The Balaban J connectivity index is 2.05. The van der Waals surface area contributed by atoms with Gasteiger partial charge in [0.05, 0.1) is 0 Å². The molecule has 0 amide bonds. The summed E-state index contributed by atoms with van der Waals surface area (Å²) in [6, 6.07) is 12.6. The van der Waals surface area contributed by atoms with Crippen LogP contribution in [0.2, 0.25) is 0 Å². The Hall–Kier alpha value is -1.96. The Bertz CT molecular complexity index is 481. The number of aryl methyl sites for hydroxylation is 4. The molecule has 0 radical (unpaired) electrons. The molecule has 2 nitrogen and oxygen atoms in total. The van der Waals surface area contributed by atoms with Crippen LogP contribution < -0.4 is 10.6 Å². The number of hydrogen-bond donors (Lipinski definition) is 2. The van der Waals surface area contributed by atoms with E-state index >= 15 is 0 Å². The minimum absolute atomic E-state index is 1.17. The lowest BCUT2D eigenvalue weighted by atomic mass is 10.1. The summed E-state index contributed by atoms with van der Waals surface area (Å²) in [4.78, 5) is 0. The van der Waals surface area contributed by atoms with Crippen LogP contribution in [0.25, 0.3) is 0 Å². The van der Waals surface area contributed by atoms with Gasteiger partial charge in [-0.05, 0) is 49.9 Å². The summed E-state index contributed by atoms with van der Waals surface area (Å²) in [5.74, 6) is 0. The minimum Gasteiger partial charge on any atom is -0.516 e. The predicted octanol–water partition coefficient (Wildman–Crippen LogP) is 4.56. The van der Waals surface area contributed by atoms with Crippen LogP contribution in [-0.4, -0.2) is 0 Å². The zero-order chi connectivity index (χ0) is 13.8. The van der Waals surface area contributed by atoms with Crippen LogP contribution in [0.3, 0.4) is 0 Å². The van der Waals surface area contributed by atoms with Gasteiger partial charge < -0.3 is 10.6 Å². The van der Waals surface area contributed by atoms with Gasteiger partial charge in [0.15, 0.2) is 0 Å². The van der Waals surface area contributed by atoms with E-state index < -0.39 is 0 Å². The molecule has 0 bridgehead atoms. The molecule has 2 aromatic carbocycles. The number of nitrogens with one attached hydrogen (secondary N) is 2. The highest BCUT2D eigenvalue weighted by atomic mass is 15.1. The number of anilines is 2. The molecule has 0 heterocycles. The zero-order valence-electron chi connectivity index (χ0n) is 12.0. The maximum atomic E-state index is 3.35. The summed E-state index contributed by atoms with van der Waals surface area (Å²) in [6.07, 6.45) is 0. The highest BCUT2D eigenvalue weighted by molar-refractivity contribution is 5.62. The normalized spacial score (nSPS) is 10.3. The number of rotatable bonds is 4. The third-order valence-corrected chi connectivity index (χ3v) is 3.40. The fourth-order valence-electron chi connectivity index (χ4n) is 2.26. The second-order valence-electron chi connectivity index (χ2n) is 4.97. The van der Waals surface area contributed by atoms with Gasteiger partial charge in [0.25, 0.3) is 0 Å². The smallest absolute Gasteiger partial charge is 0.0120 e. The van der Waals surface area contributed by atoms with E-state index in [1.165, 1.54) is 33.6 Å². The first-order valence-electron chi connectivity index (χ1n) is 6.57. The standard InChI is InChI=1S/C17H21N2/c1-12-7-5-8-13(2)16(12)18-11-19-17-14(3)9-6-10-15(17)4/h5-11,18-19H,1-4H3/q-1. The van der Waals surface area contributed by atoms with Crippen molar-refractivity contribution in [1.82, 2.24) is 0 Å². The quantitative estimate of drug-likeness (QED) is 0.780.